The summed E-state index contributed by atoms with van der Waals surface area (Å²) in [5.74, 6) is 0.711. The Hall–Kier alpha value is -1.23. The number of carbonyl (C=O) groups excluding carboxylic acids is 1. The summed E-state index contributed by atoms with van der Waals surface area (Å²) in [5, 5.41) is 0.0681. The van der Waals surface area contributed by atoms with Crippen LogP contribution < -0.4 is 0 Å². The third-order valence-electron chi connectivity index (χ3n) is 3.82. The molecule has 5 heteroatoms. The maximum atomic E-state index is 11.8. The molecule has 0 spiro atoms. The highest BCUT2D eigenvalue weighted by Crippen LogP contribution is 2.38. The predicted molar refractivity (Wildman–Crippen MR) is 98.0 cm³/mol. The molecule has 0 bridgehead atoms. The number of rotatable bonds is 6. The average molecular weight is 343 g/mol. The number of carbonyl (C=O) groups is 1. The summed E-state index contributed by atoms with van der Waals surface area (Å²) in [6.07, 6.45) is 1.83. The van der Waals surface area contributed by atoms with E-state index < -0.39 is 20.1 Å². The van der Waals surface area contributed by atoms with E-state index in [0.717, 1.165) is 5.57 Å². The predicted octanol–water partition coefficient (Wildman–Crippen LogP) is 5.81. The highest BCUT2D eigenvalue weighted by atomic mass is 28.4. The molecule has 0 saturated heterocycles. The van der Waals surface area contributed by atoms with E-state index in [0.29, 0.717) is 12.2 Å². The minimum absolute atomic E-state index is 0.0681. The first-order valence-electron chi connectivity index (χ1n) is 8.04. The molecule has 0 rings (SSSR count). The lowest BCUT2D eigenvalue weighted by Crippen LogP contribution is -2.41. The fourth-order valence-electron chi connectivity index (χ4n) is 1.44. The fourth-order valence-corrected chi connectivity index (χ4v) is 2.59. The van der Waals surface area contributed by atoms with Crippen molar-refractivity contribution < 1.29 is 18.7 Å². The quantitative estimate of drug-likeness (QED) is 0.264. The van der Waals surface area contributed by atoms with Crippen molar-refractivity contribution in [1.82, 2.24) is 0 Å². The molecule has 0 aliphatic carbocycles. The third-order valence-corrected chi connectivity index (χ3v) is 8.19. The van der Waals surface area contributed by atoms with Crippen LogP contribution in [0.25, 0.3) is 0 Å². The van der Waals surface area contributed by atoms with Crippen LogP contribution in [0, 0.1) is 0 Å². The van der Waals surface area contributed by atoms with Gasteiger partial charge in [-0.25, -0.2) is 4.79 Å². The molecule has 134 valence electrons. The fraction of sp³-hybridized carbons (Fsp3) is 0.722. The largest absolute Gasteiger partial charge is 0.544 e. The van der Waals surface area contributed by atoms with Crippen LogP contribution >= 0.6 is 0 Å². The summed E-state index contributed by atoms with van der Waals surface area (Å²) in [4.78, 5) is 11.8. The monoisotopic (exact) mass is 342 g/mol. The molecule has 0 fully saturated rings. The Morgan fingerprint density at radius 1 is 1.13 bits per heavy atom. The molecule has 0 aromatic heterocycles. The first kappa shape index (κ1) is 21.8. The van der Waals surface area contributed by atoms with Crippen LogP contribution in [0.2, 0.25) is 18.1 Å². The van der Waals surface area contributed by atoms with Gasteiger partial charge in [-0.1, -0.05) is 26.8 Å². The van der Waals surface area contributed by atoms with Crippen molar-refractivity contribution in [2.45, 2.75) is 78.6 Å². The number of allylic oxidation sites excluding steroid dienone is 2. The smallest absolute Gasteiger partial charge is 0.509 e. The van der Waals surface area contributed by atoms with Crippen LogP contribution in [-0.2, 0) is 13.9 Å². The molecule has 23 heavy (non-hydrogen) atoms. The zero-order valence-electron chi connectivity index (χ0n) is 16.3. The molecule has 0 heterocycles. The zero-order valence-corrected chi connectivity index (χ0v) is 17.3. The summed E-state index contributed by atoms with van der Waals surface area (Å²) in [5.41, 5.74) is 0.450. The van der Waals surface area contributed by atoms with E-state index in [1.807, 2.05) is 13.0 Å². The lowest BCUT2D eigenvalue weighted by Gasteiger charge is -2.37. The van der Waals surface area contributed by atoms with Gasteiger partial charge in [-0.3, -0.25) is 0 Å². The second kappa shape index (κ2) is 8.04. The molecule has 0 aromatic carbocycles. The Morgan fingerprint density at radius 3 is 2.04 bits per heavy atom. The Morgan fingerprint density at radius 2 is 1.65 bits per heavy atom. The van der Waals surface area contributed by atoms with Crippen LogP contribution in [0.5, 0.6) is 0 Å². The van der Waals surface area contributed by atoms with Gasteiger partial charge < -0.3 is 13.9 Å². The highest BCUT2D eigenvalue weighted by Gasteiger charge is 2.39. The van der Waals surface area contributed by atoms with Gasteiger partial charge in [0.1, 0.15) is 11.4 Å². The van der Waals surface area contributed by atoms with Gasteiger partial charge in [0.05, 0.1) is 0 Å². The van der Waals surface area contributed by atoms with Crippen molar-refractivity contribution in [3.8, 4) is 0 Å². The van der Waals surface area contributed by atoms with Crippen molar-refractivity contribution in [2.24, 2.45) is 0 Å². The summed E-state index contributed by atoms with van der Waals surface area (Å²) in [7, 11) is -2.00. The summed E-state index contributed by atoms with van der Waals surface area (Å²) in [6.45, 7) is 22.1. The zero-order chi connectivity index (χ0) is 18.5. The van der Waals surface area contributed by atoms with Gasteiger partial charge in [-0.05, 0) is 57.8 Å². The number of hydrogen-bond donors (Lipinski definition) is 0. The normalized spacial score (nSPS) is 14.0. The van der Waals surface area contributed by atoms with Gasteiger partial charge in [0, 0.05) is 0 Å². The third kappa shape index (κ3) is 8.25. The van der Waals surface area contributed by atoms with Gasteiger partial charge >= 0.3 is 6.16 Å². The Balaban J connectivity index is 5.11. The lowest BCUT2D eigenvalue weighted by molar-refractivity contribution is -0.00676. The van der Waals surface area contributed by atoms with Crippen molar-refractivity contribution in [2.75, 3.05) is 6.61 Å². The van der Waals surface area contributed by atoms with E-state index in [9.17, 15) is 4.79 Å². The number of ether oxygens (including phenoxy) is 2. The Kier molecular flexibility index (Phi) is 7.61. The topological polar surface area (TPSA) is 44.8 Å². The van der Waals surface area contributed by atoms with Crippen molar-refractivity contribution in [3.05, 3.63) is 24.0 Å². The van der Waals surface area contributed by atoms with E-state index >= 15 is 0 Å². The SMILES string of the molecule is C=CC/C(C)=C(\COC(=O)OC(C)(C)C)O[Si](C)(C)C(C)(C)C. The maximum Gasteiger partial charge on any atom is 0.509 e. The summed E-state index contributed by atoms with van der Waals surface area (Å²) in [6, 6.07) is 0. The minimum atomic E-state index is -2.00. The minimum Gasteiger partial charge on any atom is -0.544 e. The molecule has 0 radical (unpaired) electrons. The average Bonchev–Trinajstić information content (AvgIpc) is 2.30. The number of hydrogen-bond acceptors (Lipinski definition) is 4. The van der Waals surface area contributed by atoms with Gasteiger partial charge in [-0.15, -0.1) is 6.58 Å². The van der Waals surface area contributed by atoms with Crippen LogP contribution in [0.4, 0.5) is 4.79 Å². The molecular weight excluding hydrogens is 308 g/mol. The standard InChI is InChI=1S/C18H34O4Si/c1-11-12-14(2)15(22-23(9,10)18(6,7)8)13-20-16(19)21-17(3,4)5/h11H,1,12-13H2,2-10H3/b15-14+. The molecular formula is C18H34O4Si. The maximum absolute atomic E-state index is 11.8. The van der Waals surface area contributed by atoms with Crippen LogP contribution in [-0.4, -0.2) is 26.7 Å². The molecule has 0 aliphatic rings. The van der Waals surface area contributed by atoms with Gasteiger partial charge in [0.25, 0.3) is 0 Å². The molecule has 0 saturated carbocycles. The van der Waals surface area contributed by atoms with Gasteiger partial charge in [0.15, 0.2) is 6.61 Å². The summed E-state index contributed by atoms with van der Waals surface area (Å²) < 4.78 is 16.8. The van der Waals surface area contributed by atoms with Crippen LogP contribution in [0.1, 0.15) is 54.9 Å². The first-order valence-corrected chi connectivity index (χ1v) is 10.9. The lowest BCUT2D eigenvalue weighted by atomic mass is 10.2. The van der Waals surface area contributed by atoms with E-state index in [1.54, 1.807) is 20.8 Å². The second-order valence-electron chi connectivity index (χ2n) is 8.31. The van der Waals surface area contributed by atoms with E-state index in [1.165, 1.54) is 0 Å². The molecule has 0 aliphatic heterocycles. The van der Waals surface area contributed by atoms with Crippen molar-refractivity contribution in [1.29, 1.82) is 0 Å². The van der Waals surface area contributed by atoms with Crippen molar-refractivity contribution >= 4 is 14.5 Å². The Labute approximate surface area is 143 Å². The van der Waals surface area contributed by atoms with Gasteiger partial charge in [-0.2, -0.15) is 0 Å². The molecule has 4 nitrogen and oxygen atoms in total. The van der Waals surface area contributed by atoms with Crippen LogP contribution in [0.3, 0.4) is 0 Å². The molecule has 0 aromatic rings. The van der Waals surface area contributed by atoms with Crippen molar-refractivity contribution in [3.63, 3.8) is 0 Å². The Bertz CT molecular complexity index is 451. The second-order valence-corrected chi connectivity index (χ2v) is 13.0. The first-order chi connectivity index (χ1) is 10.2. The molecule has 0 N–H and O–H groups in total. The van der Waals surface area contributed by atoms with Crippen LogP contribution in [0.15, 0.2) is 24.0 Å². The molecule has 0 amide bonds. The van der Waals surface area contributed by atoms with E-state index in [2.05, 4.69) is 40.4 Å². The van der Waals surface area contributed by atoms with E-state index in [-0.39, 0.29) is 11.6 Å². The van der Waals surface area contributed by atoms with Gasteiger partial charge in [0.2, 0.25) is 8.32 Å². The highest BCUT2D eigenvalue weighted by molar-refractivity contribution is 6.74. The van der Waals surface area contributed by atoms with E-state index in [4.69, 9.17) is 13.9 Å². The summed E-state index contributed by atoms with van der Waals surface area (Å²) >= 11 is 0. The molecule has 0 atom stereocenters. The molecule has 0 unspecified atom stereocenters.